The maximum absolute atomic E-state index is 13.7. The van der Waals surface area contributed by atoms with Crippen LogP contribution in [-0.2, 0) is 11.3 Å². The van der Waals surface area contributed by atoms with Crippen LogP contribution in [0.4, 0.5) is 10.2 Å². The number of amides is 1. The van der Waals surface area contributed by atoms with E-state index >= 15 is 0 Å². The second-order valence-electron chi connectivity index (χ2n) is 7.66. The number of rotatable bonds is 5. The molecule has 0 saturated heterocycles. The Hall–Kier alpha value is -3.49. The number of hydrogen-bond donors (Lipinski definition) is 3. The van der Waals surface area contributed by atoms with Gasteiger partial charge in [-0.05, 0) is 39.0 Å². The van der Waals surface area contributed by atoms with Crippen molar-refractivity contribution in [2.24, 2.45) is 0 Å². The Morgan fingerprint density at radius 3 is 2.83 bits per heavy atom. The van der Waals surface area contributed by atoms with Crippen molar-refractivity contribution in [3.63, 3.8) is 0 Å². The molecule has 3 aromatic heterocycles. The number of fused-ring (bicyclic) bond motifs is 3. The normalized spacial score (nSPS) is 13.1. The number of H-pyrrole nitrogens is 1. The van der Waals surface area contributed by atoms with E-state index in [-0.39, 0.29) is 6.04 Å². The zero-order chi connectivity index (χ0) is 20.8. The van der Waals surface area contributed by atoms with Crippen molar-refractivity contribution in [2.75, 3.05) is 5.73 Å². The number of nitrogens with one attached hydrogen (secondary N) is 2. The molecular formula is C20H22FN7O. The molecule has 0 saturated carbocycles. The first kappa shape index (κ1) is 18.9. The lowest BCUT2D eigenvalue weighted by atomic mass is 10.1. The van der Waals surface area contributed by atoms with Crippen LogP contribution in [0.5, 0.6) is 0 Å². The van der Waals surface area contributed by atoms with E-state index in [4.69, 9.17) is 5.73 Å². The van der Waals surface area contributed by atoms with E-state index in [1.165, 1.54) is 13.8 Å². The molecule has 0 radical (unpaired) electrons. The highest BCUT2D eigenvalue weighted by Crippen LogP contribution is 2.29. The van der Waals surface area contributed by atoms with Crippen LogP contribution in [0, 0.1) is 0 Å². The summed E-state index contributed by atoms with van der Waals surface area (Å²) in [6.07, 6.45) is 3.49. The van der Waals surface area contributed by atoms with Crippen LogP contribution in [0.3, 0.4) is 0 Å². The fourth-order valence-electron chi connectivity index (χ4n) is 3.22. The number of nitrogen functional groups attached to an aromatic ring is 1. The van der Waals surface area contributed by atoms with Crippen molar-refractivity contribution >= 4 is 33.5 Å². The van der Waals surface area contributed by atoms with Gasteiger partial charge in [0.2, 0.25) is 0 Å². The van der Waals surface area contributed by atoms with Gasteiger partial charge in [-0.1, -0.05) is 6.07 Å². The predicted molar refractivity (Wildman–Crippen MR) is 110 cm³/mol. The molecule has 3 heterocycles. The molecule has 1 unspecified atom stereocenters. The molecule has 1 aromatic carbocycles. The maximum Gasteiger partial charge on any atom is 0.257 e. The summed E-state index contributed by atoms with van der Waals surface area (Å²) in [6, 6.07) is 7.43. The second-order valence-corrected chi connectivity index (χ2v) is 7.66. The fraction of sp³-hybridized carbons (Fsp3) is 0.300. The fourth-order valence-corrected chi connectivity index (χ4v) is 3.22. The Morgan fingerprint density at radius 1 is 1.34 bits per heavy atom. The minimum atomic E-state index is -1.93. The standard InChI is InChI=1S/C20H22FN7O/c1-11(24-19(29)20(2,3)21)9-28-10-14-17(27-28)13-5-4-12(15-6-7-23-26-15)8-16(13)25-18(14)22/h4-8,10-11H,9H2,1-3H3,(H2,22,25)(H,23,26)(H,24,29). The van der Waals surface area contributed by atoms with Crippen LogP contribution in [0.2, 0.25) is 0 Å². The molecule has 4 N–H and O–H groups in total. The first-order valence-electron chi connectivity index (χ1n) is 9.28. The number of hydrogen-bond acceptors (Lipinski definition) is 5. The molecule has 4 aromatic rings. The summed E-state index contributed by atoms with van der Waals surface area (Å²) in [5, 5.41) is 15.8. The third-order valence-corrected chi connectivity index (χ3v) is 4.72. The minimum Gasteiger partial charge on any atom is -0.383 e. The van der Waals surface area contributed by atoms with Gasteiger partial charge in [-0.15, -0.1) is 0 Å². The smallest absolute Gasteiger partial charge is 0.257 e. The molecule has 0 aliphatic heterocycles. The number of nitrogens with two attached hydrogens (primary N) is 1. The monoisotopic (exact) mass is 395 g/mol. The van der Waals surface area contributed by atoms with Gasteiger partial charge in [0.15, 0.2) is 5.67 Å². The highest BCUT2D eigenvalue weighted by molar-refractivity contribution is 6.08. The number of alkyl halides is 1. The number of carbonyl (C=O) groups is 1. The van der Waals surface area contributed by atoms with E-state index in [0.717, 1.165) is 33.1 Å². The highest BCUT2D eigenvalue weighted by atomic mass is 19.1. The number of anilines is 1. The Bertz CT molecular complexity index is 1190. The summed E-state index contributed by atoms with van der Waals surface area (Å²) >= 11 is 0. The molecule has 29 heavy (non-hydrogen) atoms. The van der Waals surface area contributed by atoms with Crippen LogP contribution >= 0.6 is 0 Å². The summed E-state index contributed by atoms with van der Waals surface area (Å²) in [5.74, 6) is -0.276. The van der Waals surface area contributed by atoms with Crippen molar-refractivity contribution in [3.8, 4) is 11.3 Å². The van der Waals surface area contributed by atoms with E-state index in [0.29, 0.717) is 12.4 Å². The summed E-state index contributed by atoms with van der Waals surface area (Å²) in [7, 11) is 0. The van der Waals surface area contributed by atoms with Crippen LogP contribution < -0.4 is 11.1 Å². The summed E-state index contributed by atoms with van der Waals surface area (Å²) in [4.78, 5) is 16.4. The third-order valence-electron chi connectivity index (χ3n) is 4.72. The predicted octanol–water partition coefficient (Wildman–Crippen LogP) is 2.81. The number of pyridine rings is 1. The van der Waals surface area contributed by atoms with Gasteiger partial charge in [-0.25, -0.2) is 9.37 Å². The van der Waals surface area contributed by atoms with Gasteiger partial charge in [0.05, 0.1) is 23.1 Å². The average molecular weight is 395 g/mol. The molecule has 1 atom stereocenters. The van der Waals surface area contributed by atoms with Crippen molar-refractivity contribution in [1.82, 2.24) is 30.3 Å². The van der Waals surface area contributed by atoms with Crippen LogP contribution in [-0.4, -0.2) is 42.6 Å². The molecule has 0 spiro atoms. The number of halogens is 1. The van der Waals surface area contributed by atoms with Gasteiger partial charge >= 0.3 is 0 Å². The summed E-state index contributed by atoms with van der Waals surface area (Å²) < 4.78 is 15.4. The molecular weight excluding hydrogens is 373 g/mol. The zero-order valence-corrected chi connectivity index (χ0v) is 16.4. The molecule has 0 bridgehead atoms. The largest absolute Gasteiger partial charge is 0.383 e. The third kappa shape index (κ3) is 3.63. The van der Waals surface area contributed by atoms with Gasteiger partial charge in [0, 0.05) is 29.4 Å². The van der Waals surface area contributed by atoms with Crippen LogP contribution in [0.25, 0.3) is 33.1 Å². The number of carbonyl (C=O) groups excluding carboxylic acids is 1. The Labute approximate surface area is 166 Å². The number of benzene rings is 1. The van der Waals surface area contributed by atoms with E-state index in [2.05, 4.69) is 25.6 Å². The van der Waals surface area contributed by atoms with Crippen LogP contribution in [0.1, 0.15) is 20.8 Å². The second kappa shape index (κ2) is 6.84. The van der Waals surface area contributed by atoms with Gasteiger partial charge in [-0.2, -0.15) is 10.2 Å². The van der Waals surface area contributed by atoms with E-state index < -0.39 is 11.6 Å². The highest BCUT2D eigenvalue weighted by Gasteiger charge is 2.27. The molecule has 4 rings (SSSR count). The Morgan fingerprint density at radius 2 is 2.14 bits per heavy atom. The van der Waals surface area contributed by atoms with Crippen molar-refractivity contribution in [1.29, 1.82) is 0 Å². The first-order chi connectivity index (χ1) is 13.7. The van der Waals surface area contributed by atoms with Gasteiger partial charge in [0.25, 0.3) is 5.91 Å². The van der Waals surface area contributed by atoms with Crippen molar-refractivity contribution < 1.29 is 9.18 Å². The van der Waals surface area contributed by atoms with E-state index in [1.807, 2.05) is 24.3 Å². The SMILES string of the molecule is CC(Cn1cc2c(N)nc3cc(-c4ccn[nH]4)ccc3c2n1)NC(=O)C(C)(C)F. The van der Waals surface area contributed by atoms with E-state index in [1.54, 1.807) is 24.0 Å². The summed E-state index contributed by atoms with van der Waals surface area (Å²) in [6.45, 7) is 4.64. The quantitative estimate of drug-likeness (QED) is 0.481. The molecule has 0 aliphatic carbocycles. The Balaban J connectivity index is 1.67. The van der Waals surface area contributed by atoms with Gasteiger partial charge in [0.1, 0.15) is 11.3 Å². The number of aromatic amines is 1. The average Bonchev–Trinajstić information content (AvgIpc) is 3.30. The lowest BCUT2D eigenvalue weighted by molar-refractivity contribution is -0.131. The molecule has 8 nitrogen and oxygen atoms in total. The maximum atomic E-state index is 13.7. The molecule has 9 heteroatoms. The lowest BCUT2D eigenvalue weighted by Gasteiger charge is -2.19. The Kier molecular flexibility index (Phi) is 4.45. The van der Waals surface area contributed by atoms with E-state index in [9.17, 15) is 9.18 Å². The first-order valence-corrected chi connectivity index (χ1v) is 9.28. The summed E-state index contributed by atoms with van der Waals surface area (Å²) in [5.41, 5.74) is 7.53. The van der Waals surface area contributed by atoms with Crippen LogP contribution in [0.15, 0.2) is 36.7 Å². The zero-order valence-electron chi connectivity index (χ0n) is 16.4. The molecule has 0 aliphatic rings. The minimum absolute atomic E-state index is 0.306. The number of nitrogens with zero attached hydrogens (tertiary/aromatic N) is 4. The molecule has 1 amide bonds. The lowest BCUT2D eigenvalue weighted by Crippen LogP contribution is -2.44. The van der Waals surface area contributed by atoms with Gasteiger partial charge < -0.3 is 11.1 Å². The molecule has 0 fully saturated rings. The number of aromatic nitrogens is 5. The van der Waals surface area contributed by atoms with Gasteiger partial charge in [-0.3, -0.25) is 14.6 Å². The van der Waals surface area contributed by atoms with Crippen molar-refractivity contribution in [3.05, 3.63) is 36.7 Å². The van der Waals surface area contributed by atoms with Crippen molar-refractivity contribution in [2.45, 2.75) is 39.0 Å². The topological polar surface area (TPSA) is 115 Å². The molecule has 150 valence electrons.